The van der Waals surface area contributed by atoms with E-state index in [1.165, 1.54) is 4.90 Å². The number of nitriles is 1. The van der Waals surface area contributed by atoms with Crippen LogP contribution in [0.2, 0.25) is 0 Å². The normalized spacial score (nSPS) is 14.2. The van der Waals surface area contributed by atoms with Crippen LogP contribution >= 0.6 is 22.6 Å². The smallest absolute Gasteiger partial charge is 0.256 e. The summed E-state index contributed by atoms with van der Waals surface area (Å²) in [5.74, 6) is 0. The Labute approximate surface area is 161 Å². The largest absolute Gasteiger partial charge is 0.369 e. The van der Waals surface area contributed by atoms with E-state index in [0.29, 0.717) is 17.0 Å². The molecule has 1 aromatic rings. The van der Waals surface area contributed by atoms with Crippen LogP contribution in [0.15, 0.2) is 46.2 Å². The Morgan fingerprint density at radius 1 is 1.33 bits per heavy atom. The van der Waals surface area contributed by atoms with Gasteiger partial charge in [0.25, 0.3) is 6.43 Å². The summed E-state index contributed by atoms with van der Waals surface area (Å²) < 4.78 is 26.3. The minimum Gasteiger partial charge on any atom is -0.369 e. The number of rotatable bonds is 3. The van der Waals surface area contributed by atoms with E-state index in [0.717, 1.165) is 9.14 Å². The van der Waals surface area contributed by atoms with Gasteiger partial charge in [-0.1, -0.05) is 33.6 Å². The van der Waals surface area contributed by atoms with E-state index in [1.807, 2.05) is 28.7 Å². The van der Waals surface area contributed by atoms with Crippen molar-refractivity contribution in [1.82, 2.24) is 4.90 Å². The molecule has 0 fully saturated rings. The molecule has 0 saturated heterocycles. The number of allylic oxidation sites excluding steroid dienone is 3. The van der Waals surface area contributed by atoms with Crippen molar-refractivity contribution in [3.63, 3.8) is 0 Å². The molecule has 0 bridgehead atoms. The summed E-state index contributed by atoms with van der Waals surface area (Å²) in [6.45, 7) is 3.41. The van der Waals surface area contributed by atoms with Crippen LogP contribution in [0.1, 0.15) is 11.1 Å². The number of benzene rings is 1. The maximum atomic E-state index is 12.7. The van der Waals surface area contributed by atoms with E-state index in [1.54, 1.807) is 30.3 Å². The Kier molecular flexibility index (Phi) is 7.18. The van der Waals surface area contributed by atoms with Crippen molar-refractivity contribution in [2.45, 2.75) is 6.43 Å². The Bertz CT molecular complexity index is 630. The summed E-state index contributed by atoms with van der Waals surface area (Å²) in [5, 5.41) is 8.78. The molecule has 1 aliphatic rings. The summed E-state index contributed by atoms with van der Waals surface area (Å²) in [6.07, 6.45) is 2.26. The van der Waals surface area contributed by atoms with Gasteiger partial charge < -0.3 is 4.90 Å². The molecule has 1 heterocycles. The quantitative estimate of drug-likeness (QED) is 0.490. The SMILES string of the molecule is C=C1C(I)=C[C-]=C(c2ccc(C#N)cc2)N1CC(F)F.[Y]. The second-order valence-corrected chi connectivity index (χ2v) is 5.28. The second kappa shape index (κ2) is 8.16. The summed E-state index contributed by atoms with van der Waals surface area (Å²) in [6, 6.07) is 8.76. The maximum Gasteiger partial charge on any atom is 0.256 e. The number of nitrogens with zero attached hydrogens (tertiary/aromatic N) is 2. The third-order valence-electron chi connectivity index (χ3n) is 2.82. The first-order valence-electron chi connectivity index (χ1n) is 5.77. The number of hydrogen-bond acceptors (Lipinski definition) is 2. The molecule has 21 heavy (non-hydrogen) atoms. The van der Waals surface area contributed by atoms with Gasteiger partial charge in [0.05, 0.1) is 12.6 Å². The van der Waals surface area contributed by atoms with E-state index in [2.05, 4.69) is 12.7 Å². The predicted octanol–water partition coefficient (Wildman–Crippen LogP) is 4.11. The minimum atomic E-state index is -2.47. The molecule has 6 heteroatoms. The summed E-state index contributed by atoms with van der Waals surface area (Å²) in [4.78, 5) is 1.45. The fourth-order valence-corrected chi connectivity index (χ4v) is 2.29. The van der Waals surface area contributed by atoms with Crippen molar-refractivity contribution >= 4 is 28.3 Å². The van der Waals surface area contributed by atoms with Crippen LogP contribution in [0, 0.1) is 17.4 Å². The fourth-order valence-electron chi connectivity index (χ4n) is 1.84. The van der Waals surface area contributed by atoms with Crippen molar-refractivity contribution < 1.29 is 41.5 Å². The first-order chi connectivity index (χ1) is 9.52. The topological polar surface area (TPSA) is 27.0 Å². The van der Waals surface area contributed by atoms with Gasteiger partial charge in [0, 0.05) is 38.3 Å². The van der Waals surface area contributed by atoms with E-state index in [9.17, 15) is 8.78 Å². The number of alkyl halides is 2. The summed E-state index contributed by atoms with van der Waals surface area (Å²) in [7, 11) is 0. The van der Waals surface area contributed by atoms with Crippen LogP contribution < -0.4 is 0 Å². The third kappa shape index (κ3) is 4.44. The molecule has 1 aliphatic heterocycles. The zero-order valence-corrected chi connectivity index (χ0v) is 16.0. The zero-order chi connectivity index (χ0) is 14.7. The van der Waals surface area contributed by atoms with Gasteiger partial charge in [-0.15, -0.1) is 34.7 Å². The molecule has 0 N–H and O–H groups in total. The Balaban J connectivity index is 0.00000220. The summed E-state index contributed by atoms with van der Waals surface area (Å²) >= 11 is 2.04. The van der Waals surface area contributed by atoms with Gasteiger partial charge in [0.1, 0.15) is 0 Å². The van der Waals surface area contributed by atoms with E-state index >= 15 is 0 Å². The monoisotopic (exact) mass is 472 g/mol. The van der Waals surface area contributed by atoms with Crippen LogP contribution in [-0.2, 0) is 32.7 Å². The van der Waals surface area contributed by atoms with E-state index in [-0.39, 0.29) is 32.7 Å². The number of hydrogen-bond donors (Lipinski definition) is 0. The molecule has 0 atom stereocenters. The molecule has 0 spiro atoms. The molecule has 0 unspecified atom stereocenters. The van der Waals surface area contributed by atoms with Gasteiger partial charge >= 0.3 is 0 Å². The van der Waals surface area contributed by atoms with Crippen molar-refractivity contribution in [2.75, 3.05) is 6.54 Å². The first-order valence-corrected chi connectivity index (χ1v) is 6.85. The predicted molar refractivity (Wildman–Crippen MR) is 81.8 cm³/mol. The Morgan fingerprint density at radius 3 is 2.48 bits per heavy atom. The standard InChI is InChI=1S/C15H10F2IN2.Y/c1-10-13(18)6-7-14(20(10)9-15(16)17)12-4-2-11(8-19)3-5-12;/h2-6,15H,1,9H2;/q-1;. The summed E-state index contributed by atoms with van der Waals surface area (Å²) in [5.41, 5.74) is 2.32. The molecular weight excluding hydrogens is 462 g/mol. The molecule has 2 rings (SSSR count). The molecule has 0 aliphatic carbocycles. The van der Waals surface area contributed by atoms with E-state index < -0.39 is 13.0 Å². The zero-order valence-electron chi connectivity index (χ0n) is 11.0. The molecule has 1 aromatic carbocycles. The van der Waals surface area contributed by atoms with Gasteiger partial charge in [-0.05, 0) is 5.70 Å². The molecule has 0 aromatic heterocycles. The minimum absolute atomic E-state index is 0. The molecule has 105 valence electrons. The van der Waals surface area contributed by atoms with Crippen molar-refractivity contribution in [3.05, 3.63) is 63.4 Å². The average molecular weight is 472 g/mol. The van der Waals surface area contributed by atoms with Gasteiger partial charge in [0.2, 0.25) is 0 Å². The van der Waals surface area contributed by atoms with Crippen molar-refractivity contribution in [3.8, 4) is 6.07 Å². The number of halogens is 3. The van der Waals surface area contributed by atoms with Gasteiger partial charge in [-0.2, -0.15) is 17.4 Å². The van der Waals surface area contributed by atoms with Gasteiger partial charge in [-0.3, -0.25) is 0 Å². The first kappa shape index (κ1) is 18.5. The molecular formula is C15H10F2IN2Y-. The third-order valence-corrected chi connectivity index (χ3v) is 3.75. The maximum absolute atomic E-state index is 12.7. The van der Waals surface area contributed by atoms with Crippen LogP contribution in [0.5, 0.6) is 0 Å². The molecule has 2 nitrogen and oxygen atoms in total. The molecule has 0 amide bonds. The van der Waals surface area contributed by atoms with Crippen molar-refractivity contribution in [1.29, 1.82) is 5.26 Å². The van der Waals surface area contributed by atoms with Crippen LogP contribution in [0.25, 0.3) is 5.70 Å². The van der Waals surface area contributed by atoms with Crippen molar-refractivity contribution in [2.24, 2.45) is 0 Å². The van der Waals surface area contributed by atoms with Crippen LogP contribution in [-0.4, -0.2) is 17.9 Å². The molecule has 0 saturated carbocycles. The average Bonchev–Trinajstić information content (AvgIpc) is 2.44. The van der Waals surface area contributed by atoms with Gasteiger partial charge in [-0.25, -0.2) is 8.78 Å². The van der Waals surface area contributed by atoms with E-state index in [4.69, 9.17) is 5.26 Å². The van der Waals surface area contributed by atoms with Crippen LogP contribution in [0.4, 0.5) is 8.78 Å². The Morgan fingerprint density at radius 2 is 1.95 bits per heavy atom. The molecule has 1 radical (unpaired) electrons. The fraction of sp³-hybridized carbons (Fsp3) is 0.133. The van der Waals surface area contributed by atoms with Crippen LogP contribution in [0.3, 0.4) is 0 Å². The Hall–Kier alpha value is -0.576. The van der Waals surface area contributed by atoms with Gasteiger partial charge in [0.15, 0.2) is 0 Å². The second-order valence-electron chi connectivity index (χ2n) is 4.12.